The lowest BCUT2D eigenvalue weighted by molar-refractivity contribution is -0.123. The third-order valence-electron chi connectivity index (χ3n) is 3.80. The van der Waals surface area contributed by atoms with Gasteiger partial charge in [0.15, 0.2) is 0 Å². The highest BCUT2D eigenvalue weighted by Crippen LogP contribution is 2.30. The normalized spacial score (nSPS) is 19.5. The molecule has 1 fully saturated rings. The van der Waals surface area contributed by atoms with E-state index in [9.17, 15) is 13.2 Å². The number of ketones is 1. The molecule has 0 radical (unpaired) electrons. The number of Topliss-reactive ketones (excluding diaryl/α,β-unsaturated/α-hetero) is 1. The van der Waals surface area contributed by atoms with Gasteiger partial charge >= 0.3 is 0 Å². The Morgan fingerprint density at radius 3 is 2.67 bits per heavy atom. The lowest BCUT2D eigenvalue weighted by atomic mass is 9.92. The first kappa shape index (κ1) is 16.0. The molecule has 1 aromatic carbocycles. The zero-order chi connectivity index (χ0) is 15.7. The number of sulfonamides is 1. The van der Waals surface area contributed by atoms with Crippen molar-refractivity contribution in [2.45, 2.75) is 38.0 Å². The van der Waals surface area contributed by atoms with E-state index < -0.39 is 15.6 Å². The summed E-state index contributed by atoms with van der Waals surface area (Å²) in [7, 11) is -1.64. The fourth-order valence-corrected chi connectivity index (χ4v) is 4.75. The number of carbonyl (C=O) groups excluding carboxylic acids is 1. The monoisotopic (exact) mass is 310 g/mol. The number of anilines is 1. The Kier molecular flexibility index (Phi) is 4.39. The topological polar surface area (TPSA) is 66.5 Å². The van der Waals surface area contributed by atoms with E-state index in [4.69, 9.17) is 0 Å². The number of benzene rings is 1. The van der Waals surface area contributed by atoms with Crippen LogP contribution in [-0.2, 0) is 20.6 Å². The first-order chi connectivity index (χ1) is 9.74. The second kappa shape index (κ2) is 5.77. The molecule has 0 amide bonds. The Bertz CT molecular complexity index is 638. The van der Waals surface area contributed by atoms with Gasteiger partial charge < -0.3 is 5.32 Å². The molecule has 0 unspecified atom stereocenters. The highest BCUT2D eigenvalue weighted by Gasteiger charge is 2.40. The molecule has 0 atom stereocenters. The van der Waals surface area contributed by atoms with E-state index in [1.165, 1.54) is 4.31 Å². The maximum Gasteiger partial charge on any atom is 0.218 e. The van der Waals surface area contributed by atoms with Gasteiger partial charge in [-0.25, -0.2) is 8.42 Å². The van der Waals surface area contributed by atoms with Crippen LogP contribution in [-0.4, -0.2) is 37.6 Å². The van der Waals surface area contributed by atoms with E-state index in [1.54, 1.807) is 13.1 Å². The molecule has 0 spiro atoms. The number of carbonyl (C=O) groups is 1. The molecule has 0 aliphatic carbocycles. The van der Waals surface area contributed by atoms with Crippen LogP contribution in [0.3, 0.4) is 0 Å². The average Bonchev–Trinajstić information content (AvgIpc) is 2.36. The Hall–Kier alpha value is -1.40. The van der Waals surface area contributed by atoms with Crippen LogP contribution in [0.15, 0.2) is 24.3 Å². The van der Waals surface area contributed by atoms with Crippen LogP contribution in [0.5, 0.6) is 0 Å². The standard InChI is InChI=1S/C15H22N2O3S/c1-15(2)10-14(18)7-8-17(15)21(19,20)11-12-5-4-6-13(9-12)16-3/h4-6,9,16H,7-8,10-11H2,1-3H3. The molecular weight excluding hydrogens is 288 g/mol. The molecule has 5 nitrogen and oxygen atoms in total. The van der Waals surface area contributed by atoms with Gasteiger partial charge in [-0.3, -0.25) is 4.79 Å². The summed E-state index contributed by atoms with van der Waals surface area (Å²) in [5.74, 6) is 0.0868. The number of rotatable bonds is 4. The molecule has 1 aliphatic heterocycles. The van der Waals surface area contributed by atoms with Crippen LogP contribution in [0.2, 0.25) is 0 Å². The van der Waals surface area contributed by atoms with Crippen LogP contribution < -0.4 is 5.32 Å². The molecule has 116 valence electrons. The summed E-state index contributed by atoms with van der Waals surface area (Å²) in [6.07, 6.45) is 0.585. The quantitative estimate of drug-likeness (QED) is 0.924. The van der Waals surface area contributed by atoms with Crippen molar-refractivity contribution in [2.75, 3.05) is 18.9 Å². The summed E-state index contributed by atoms with van der Waals surface area (Å²) < 4.78 is 26.8. The Morgan fingerprint density at radius 2 is 2.05 bits per heavy atom. The van der Waals surface area contributed by atoms with Gasteiger partial charge in [-0.2, -0.15) is 4.31 Å². The third kappa shape index (κ3) is 3.63. The van der Waals surface area contributed by atoms with Crippen LogP contribution in [0.25, 0.3) is 0 Å². The summed E-state index contributed by atoms with van der Waals surface area (Å²) >= 11 is 0. The maximum atomic E-state index is 12.7. The molecule has 1 aromatic rings. The Labute approximate surface area is 126 Å². The molecule has 6 heteroatoms. The third-order valence-corrected chi connectivity index (χ3v) is 5.85. The largest absolute Gasteiger partial charge is 0.388 e. The number of nitrogens with zero attached hydrogens (tertiary/aromatic N) is 1. The van der Waals surface area contributed by atoms with E-state index in [-0.39, 0.29) is 24.5 Å². The van der Waals surface area contributed by atoms with Crippen molar-refractivity contribution < 1.29 is 13.2 Å². The molecule has 2 rings (SSSR count). The van der Waals surface area contributed by atoms with Crippen molar-refractivity contribution in [2.24, 2.45) is 0 Å². The predicted molar refractivity (Wildman–Crippen MR) is 83.6 cm³/mol. The van der Waals surface area contributed by atoms with Gasteiger partial charge in [0.2, 0.25) is 10.0 Å². The van der Waals surface area contributed by atoms with E-state index in [0.29, 0.717) is 6.42 Å². The van der Waals surface area contributed by atoms with Crippen molar-refractivity contribution in [3.8, 4) is 0 Å². The van der Waals surface area contributed by atoms with E-state index in [2.05, 4.69) is 5.32 Å². The molecule has 21 heavy (non-hydrogen) atoms. The SMILES string of the molecule is CNc1cccc(CS(=O)(=O)N2CCC(=O)CC2(C)C)c1. The minimum Gasteiger partial charge on any atom is -0.388 e. The van der Waals surface area contributed by atoms with E-state index >= 15 is 0 Å². The van der Waals surface area contributed by atoms with Crippen LogP contribution in [0.4, 0.5) is 5.69 Å². The smallest absolute Gasteiger partial charge is 0.218 e. The van der Waals surface area contributed by atoms with E-state index in [0.717, 1.165) is 11.3 Å². The zero-order valence-electron chi connectivity index (χ0n) is 12.7. The second-order valence-corrected chi connectivity index (χ2v) is 7.95. The molecular formula is C15H22N2O3S. The van der Waals surface area contributed by atoms with Crippen molar-refractivity contribution in [1.82, 2.24) is 4.31 Å². The van der Waals surface area contributed by atoms with Crippen molar-refractivity contribution in [1.29, 1.82) is 0 Å². The van der Waals surface area contributed by atoms with Crippen LogP contribution in [0, 0.1) is 0 Å². The van der Waals surface area contributed by atoms with Crippen molar-refractivity contribution >= 4 is 21.5 Å². The summed E-state index contributed by atoms with van der Waals surface area (Å²) in [5, 5.41) is 3.00. The van der Waals surface area contributed by atoms with Crippen LogP contribution >= 0.6 is 0 Å². The zero-order valence-corrected chi connectivity index (χ0v) is 13.5. The second-order valence-electron chi connectivity index (χ2n) is 6.06. The first-order valence-electron chi connectivity index (χ1n) is 7.03. The lowest BCUT2D eigenvalue weighted by Crippen LogP contribution is -2.53. The minimum atomic E-state index is -3.44. The number of hydrogen-bond acceptors (Lipinski definition) is 4. The van der Waals surface area contributed by atoms with Crippen molar-refractivity contribution in [3.63, 3.8) is 0 Å². The molecule has 1 saturated heterocycles. The molecule has 0 saturated carbocycles. The van der Waals surface area contributed by atoms with Gasteiger partial charge in [0, 0.05) is 37.7 Å². The summed E-state index contributed by atoms with van der Waals surface area (Å²) in [6, 6.07) is 7.36. The first-order valence-corrected chi connectivity index (χ1v) is 8.64. The predicted octanol–water partition coefficient (Wildman–Crippen LogP) is 2.00. The lowest BCUT2D eigenvalue weighted by Gasteiger charge is -2.40. The fourth-order valence-electron chi connectivity index (χ4n) is 2.81. The summed E-state index contributed by atoms with van der Waals surface area (Å²) in [4.78, 5) is 11.6. The maximum absolute atomic E-state index is 12.7. The summed E-state index contributed by atoms with van der Waals surface area (Å²) in [5.41, 5.74) is 0.986. The molecule has 1 aliphatic rings. The highest BCUT2D eigenvalue weighted by atomic mass is 32.2. The molecule has 0 aromatic heterocycles. The Balaban J connectivity index is 2.23. The van der Waals surface area contributed by atoms with E-state index in [1.807, 2.05) is 32.0 Å². The number of piperidine rings is 1. The highest BCUT2D eigenvalue weighted by molar-refractivity contribution is 7.88. The number of hydrogen-bond donors (Lipinski definition) is 1. The summed E-state index contributed by atoms with van der Waals surface area (Å²) in [6.45, 7) is 3.90. The van der Waals surface area contributed by atoms with Crippen molar-refractivity contribution in [3.05, 3.63) is 29.8 Å². The van der Waals surface area contributed by atoms with Gasteiger partial charge in [-0.05, 0) is 31.5 Å². The van der Waals surface area contributed by atoms with Gasteiger partial charge in [0.1, 0.15) is 5.78 Å². The molecule has 1 N–H and O–H groups in total. The fraction of sp³-hybridized carbons (Fsp3) is 0.533. The Morgan fingerprint density at radius 1 is 1.33 bits per heavy atom. The van der Waals surface area contributed by atoms with Gasteiger partial charge in [0.05, 0.1) is 5.75 Å². The number of nitrogens with one attached hydrogen (secondary N) is 1. The van der Waals surface area contributed by atoms with Gasteiger partial charge in [0.25, 0.3) is 0 Å². The minimum absolute atomic E-state index is 0.0415. The van der Waals surface area contributed by atoms with Gasteiger partial charge in [-0.15, -0.1) is 0 Å². The average molecular weight is 310 g/mol. The molecule has 1 heterocycles. The van der Waals surface area contributed by atoms with Crippen LogP contribution in [0.1, 0.15) is 32.3 Å². The molecule has 0 bridgehead atoms. The van der Waals surface area contributed by atoms with Gasteiger partial charge in [-0.1, -0.05) is 12.1 Å².